The van der Waals surface area contributed by atoms with Crippen molar-refractivity contribution in [3.63, 3.8) is 0 Å². The molecule has 1 aromatic carbocycles. The standard InChI is InChI=1S/C13H17FN2/c14-11-2-3-12-10(9-11)1-4-13(12)16-7-5-15-6-8-16/h2-3,9,13,15H,1,4-8H2/t13-/m0/s1. The van der Waals surface area contributed by atoms with Crippen molar-refractivity contribution in [2.45, 2.75) is 18.9 Å². The zero-order valence-electron chi connectivity index (χ0n) is 9.38. The minimum absolute atomic E-state index is 0.0975. The zero-order chi connectivity index (χ0) is 11.0. The highest BCUT2D eigenvalue weighted by molar-refractivity contribution is 5.35. The third-order valence-corrected chi connectivity index (χ3v) is 3.74. The Hall–Kier alpha value is -0.930. The van der Waals surface area contributed by atoms with Gasteiger partial charge in [0.1, 0.15) is 5.82 Å². The maximum atomic E-state index is 13.1. The Morgan fingerprint density at radius 1 is 1.25 bits per heavy atom. The highest BCUT2D eigenvalue weighted by atomic mass is 19.1. The molecule has 0 bridgehead atoms. The van der Waals surface area contributed by atoms with Gasteiger partial charge in [-0.05, 0) is 36.1 Å². The third-order valence-electron chi connectivity index (χ3n) is 3.74. The lowest BCUT2D eigenvalue weighted by atomic mass is 10.1. The number of nitrogens with one attached hydrogen (secondary N) is 1. The lowest BCUT2D eigenvalue weighted by Crippen LogP contribution is -2.44. The second-order valence-electron chi connectivity index (χ2n) is 4.68. The Labute approximate surface area is 95.4 Å². The van der Waals surface area contributed by atoms with Gasteiger partial charge in [-0.3, -0.25) is 4.90 Å². The molecule has 16 heavy (non-hydrogen) atoms. The predicted molar refractivity (Wildman–Crippen MR) is 61.9 cm³/mol. The number of hydrogen-bond donors (Lipinski definition) is 1. The summed E-state index contributed by atoms with van der Waals surface area (Å²) in [6.07, 6.45) is 2.18. The van der Waals surface area contributed by atoms with Gasteiger partial charge in [0.15, 0.2) is 0 Å². The van der Waals surface area contributed by atoms with E-state index in [1.807, 2.05) is 6.07 Å². The van der Waals surface area contributed by atoms with E-state index in [9.17, 15) is 4.39 Å². The average Bonchev–Trinajstić information content (AvgIpc) is 2.73. The molecule has 1 saturated heterocycles. The van der Waals surface area contributed by atoms with E-state index < -0.39 is 0 Å². The topological polar surface area (TPSA) is 15.3 Å². The van der Waals surface area contributed by atoms with Crippen molar-refractivity contribution in [2.75, 3.05) is 26.2 Å². The Balaban J connectivity index is 1.84. The van der Waals surface area contributed by atoms with Gasteiger partial charge in [-0.1, -0.05) is 6.07 Å². The van der Waals surface area contributed by atoms with E-state index in [1.165, 1.54) is 11.1 Å². The van der Waals surface area contributed by atoms with Gasteiger partial charge >= 0.3 is 0 Å². The van der Waals surface area contributed by atoms with Crippen LogP contribution in [0, 0.1) is 5.82 Å². The van der Waals surface area contributed by atoms with Gasteiger partial charge in [-0.2, -0.15) is 0 Å². The second kappa shape index (κ2) is 4.15. The Bertz CT molecular complexity index is 386. The molecule has 3 heteroatoms. The van der Waals surface area contributed by atoms with Gasteiger partial charge < -0.3 is 5.32 Å². The van der Waals surface area contributed by atoms with Crippen LogP contribution >= 0.6 is 0 Å². The Morgan fingerprint density at radius 3 is 2.88 bits per heavy atom. The maximum Gasteiger partial charge on any atom is 0.123 e. The quantitative estimate of drug-likeness (QED) is 0.775. The molecule has 86 valence electrons. The van der Waals surface area contributed by atoms with Crippen LogP contribution in [0.25, 0.3) is 0 Å². The van der Waals surface area contributed by atoms with Crippen LogP contribution in [0.4, 0.5) is 4.39 Å². The lowest BCUT2D eigenvalue weighted by molar-refractivity contribution is 0.173. The summed E-state index contributed by atoms with van der Waals surface area (Å²) in [6, 6.07) is 5.80. The zero-order valence-corrected chi connectivity index (χ0v) is 9.38. The van der Waals surface area contributed by atoms with Crippen LogP contribution < -0.4 is 5.32 Å². The van der Waals surface area contributed by atoms with Crippen LogP contribution in [-0.4, -0.2) is 31.1 Å². The predicted octanol–water partition coefficient (Wildman–Crippen LogP) is 1.72. The molecule has 1 aliphatic heterocycles. The first-order valence-electron chi connectivity index (χ1n) is 6.08. The highest BCUT2D eigenvalue weighted by Gasteiger charge is 2.28. The summed E-state index contributed by atoms with van der Waals surface area (Å²) in [7, 11) is 0. The fourth-order valence-corrected chi connectivity index (χ4v) is 2.94. The fourth-order valence-electron chi connectivity index (χ4n) is 2.94. The number of fused-ring (bicyclic) bond motifs is 1. The summed E-state index contributed by atoms with van der Waals surface area (Å²) in [5.41, 5.74) is 2.56. The molecule has 0 aromatic heterocycles. The molecule has 2 aliphatic rings. The van der Waals surface area contributed by atoms with E-state index >= 15 is 0 Å². The van der Waals surface area contributed by atoms with Gasteiger partial charge in [-0.25, -0.2) is 4.39 Å². The van der Waals surface area contributed by atoms with E-state index in [0.717, 1.165) is 39.0 Å². The van der Waals surface area contributed by atoms with Gasteiger partial charge in [0, 0.05) is 32.2 Å². The molecule has 0 saturated carbocycles. The highest BCUT2D eigenvalue weighted by Crippen LogP contribution is 2.35. The molecule has 0 amide bonds. The van der Waals surface area contributed by atoms with Gasteiger partial charge in [-0.15, -0.1) is 0 Å². The first kappa shape index (κ1) is 10.2. The minimum atomic E-state index is -0.0975. The number of halogens is 1. The average molecular weight is 220 g/mol. The van der Waals surface area contributed by atoms with E-state index in [1.54, 1.807) is 12.1 Å². The first-order valence-corrected chi connectivity index (χ1v) is 6.08. The van der Waals surface area contributed by atoms with Crippen molar-refractivity contribution in [1.82, 2.24) is 10.2 Å². The van der Waals surface area contributed by atoms with Crippen LogP contribution in [0.5, 0.6) is 0 Å². The van der Waals surface area contributed by atoms with Crippen LogP contribution in [0.3, 0.4) is 0 Å². The molecule has 0 radical (unpaired) electrons. The number of nitrogens with zero attached hydrogens (tertiary/aromatic N) is 1. The molecule has 1 fully saturated rings. The van der Waals surface area contributed by atoms with Crippen molar-refractivity contribution >= 4 is 0 Å². The van der Waals surface area contributed by atoms with E-state index in [2.05, 4.69) is 10.2 Å². The molecule has 1 atom stereocenters. The molecular weight excluding hydrogens is 203 g/mol. The molecule has 1 N–H and O–H groups in total. The molecular formula is C13H17FN2. The largest absolute Gasteiger partial charge is 0.314 e. The fraction of sp³-hybridized carbons (Fsp3) is 0.538. The molecule has 3 rings (SSSR count). The molecule has 0 spiro atoms. The van der Waals surface area contributed by atoms with Crippen LogP contribution in [0.2, 0.25) is 0 Å². The molecule has 0 unspecified atom stereocenters. The molecule has 1 heterocycles. The molecule has 2 nitrogen and oxygen atoms in total. The Morgan fingerprint density at radius 2 is 2.06 bits per heavy atom. The summed E-state index contributed by atoms with van der Waals surface area (Å²) in [5, 5.41) is 3.37. The number of aryl methyl sites for hydroxylation is 1. The minimum Gasteiger partial charge on any atom is -0.314 e. The van der Waals surface area contributed by atoms with E-state index in [4.69, 9.17) is 0 Å². The summed E-state index contributed by atoms with van der Waals surface area (Å²) < 4.78 is 13.1. The van der Waals surface area contributed by atoms with E-state index in [-0.39, 0.29) is 5.82 Å². The SMILES string of the molecule is Fc1ccc2c(c1)CC[C@@H]2N1CCNCC1. The number of piperazine rings is 1. The Kier molecular flexibility index (Phi) is 2.65. The summed E-state index contributed by atoms with van der Waals surface area (Å²) in [6.45, 7) is 4.38. The van der Waals surface area contributed by atoms with Gasteiger partial charge in [0.05, 0.1) is 0 Å². The number of benzene rings is 1. The maximum absolute atomic E-state index is 13.1. The second-order valence-corrected chi connectivity index (χ2v) is 4.68. The summed E-state index contributed by atoms with van der Waals surface area (Å²) in [5.74, 6) is -0.0975. The van der Waals surface area contributed by atoms with Crippen molar-refractivity contribution in [2.24, 2.45) is 0 Å². The van der Waals surface area contributed by atoms with Crippen molar-refractivity contribution < 1.29 is 4.39 Å². The van der Waals surface area contributed by atoms with Crippen LogP contribution in [-0.2, 0) is 6.42 Å². The van der Waals surface area contributed by atoms with Crippen molar-refractivity contribution in [3.8, 4) is 0 Å². The summed E-state index contributed by atoms with van der Waals surface area (Å²) in [4.78, 5) is 2.53. The lowest BCUT2D eigenvalue weighted by Gasteiger charge is -2.33. The normalized spacial score (nSPS) is 25.7. The number of rotatable bonds is 1. The van der Waals surface area contributed by atoms with Gasteiger partial charge in [0.2, 0.25) is 0 Å². The molecule has 1 aliphatic carbocycles. The van der Waals surface area contributed by atoms with E-state index in [0.29, 0.717) is 6.04 Å². The smallest absolute Gasteiger partial charge is 0.123 e. The van der Waals surface area contributed by atoms with Crippen molar-refractivity contribution in [1.29, 1.82) is 0 Å². The first-order chi connectivity index (χ1) is 7.84. The molecule has 1 aromatic rings. The van der Waals surface area contributed by atoms with Crippen LogP contribution in [0.15, 0.2) is 18.2 Å². The van der Waals surface area contributed by atoms with Gasteiger partial charge in [0.25, 0.3) is 0 Å². The van der Waals surface area contributed by atoms with Crippen LogP contribution in [0.1, 0.15) is 23.6 Å². The summed E-state index contributed by atoms with van der Waals surface area (Å²) >= 11 is 0. The van der Waals surface area contributed by atoms with Crippen molar-refractivity contribution in [3.05, 3.63) is 35.1 Å². The monoisotopic (exact) mass is 220 g/mol. The third kappa shape index (κ3) is 1.74. The number of hydrogen-bond acceptors (Lipinski definition) is 2.